The number of ether oxygens (including phenoxy) is 1. The molecule has 1 heterocycles. The lowest BCUT2D eigenvalue weighted by Gasteiger charge is -2.24. The second-order valence-corrected chi connectivity index (χ2v) is 5.21. The molecule has 14 heavy (non-hydrogen) atoms. The van der Waals surface area contributed by atoms with Gasteiger partial charge in [0.2, 0.25) is 0 Å². The van der Waals surface area contributed by atoms with E-state index in [4.69, 9.17) is 4.74 Å². The third kappa shape index (κ3) is 3.52. The number of likely N-dealkylation sites (tertiary alicyclic amines) is 1. The van der Waals surface area contributed by atoms with Gasteiger partial charge in [0.05, 0.1) is 6.10 Å². The molecule has 0 amide bonds. The van der Waals surface area contributed by atoms with Gasteiger partial charge < -0.3 is 9.64 Å². The zero-order valence-corrected chi connectivity index (χ0v) is 11.1. The molecule has 0 aromatic rings. The standard InChI is InChI=1S/C11H22BrNO/c1-9(2)10(6-12)7-13-5-4-11(8-13)14-3/h9-11H,4-8H2,1-3H3. The van der Waals surface area contributed by atoms with Gasteiger partial charge in [-0.1, -0.05) is 29.8 Å². The van der Waals surface area contributed by atoms with Crippen LogP contribution in [0, 0.1) is 11.8 Å². The average molecular weight is 264 g/mol. The molecule has 2 unspecified atom stereocenters. The smallest absolute Gasteiger partial charge is 0.0710 e. The van der Waals surface area contributed by atoms with E-state index in [0.717, 1.165) is 23.7 Å². The van der Waals surface area contributed by atoms with Crippen molar-refractivity contribution in [1.29, 1.82) is 0 Å². The summed E-state index contributed by atoms with van der Waals surface area (Å²) in [5.41, 5.74) is 0. The molecule has 1 fully saturated rings. The predicted octanol–water partition coefficient (Wildman–Crippen LogP) is 2.37. The van der Waals surface area contributed by atoms with Gasteiger partial charge >= 0.3 is 0 Å². The Bertz CT molecular complexity index is 163. The molecule has 0 saturated carbocycles. The lowest BCUT2D eigenvalue weighted by Crippen LogP contribution is -2.31. The van der Waals surface area contributed by atoms with Gasteiger partial charge in [-0.2, -0.15) is 0 Å². The summed E-state index contributed by atoms with van der Waals surface area (Å²) in [6.07, 6.45) is 1.67. The Balaban J connectivity index is 2.30. The Hall–Kier alpha value is 0.400. The van der Waals surface area contributed by atoms with E-state index < -0.39 is 0 Å². The van der Waals surface area contributed by atoms with Crippen LogP contribution < -0.4 is 0 Å². The quantitative estimate of drug-likeness (QED) is 0.707. The van der Waals surface area contributed by atoms with Crippen LogP contribution in [-0.4, -0.2) is 43.1 Å². The summed E-state index contributed by atoms with van der Waals surface area (Å²) in [6.45, 7) is 8.13. The first-order valence-corrected chi connectivity index (χ1v) is 6.60. The number of hydrogen-bond acceptors (Lipinski definition) is 2. The number of nitrogens with zero attached hydrogens (tertiary/aromatic N) is 1. The van der Waals surface area contributed by atoms with E-state index in [1.165, 1.54) is 19.5 Å². The molecule has 1 rings (SSSR count). The predicted molar refractivity (Wildman–Crippen MR) is 64.0 cm³/mol. The average Bonchev–Trinajstić information content (AvgIpc) is 2.61. The van der Waals surface area contributed by atoms with Crippen molar-refractivity contribution < 1.29 is 4.74 Å². The van der Waals surface area contributed by atoms with E-state index in [9.17, 15) is 0 Å². The lowest BCUT2D eigenvalue weighted by molar-refractivity contribution is 0.105. The summed E-state index contributed by atoms with van der Waals surface area (Å²) in [4.78, 5) is 2.53. The van der Waals surface area contributed by atoms with Gasteiger partial charge in [0, 0.05) is 32.1 Å². The largest absolute Gasteiger partial charge is 0.380 e. The zero-order chi connectivity index (χ0) is 10.6. The zero-order valence-electron chi connectivity index (χ0n) is 9.50. The first-order valence-electron chi connectivity index (χ1n) is 5.48. The maximum atomic E-state index is 5.36. The summed E-state index contributed by atoms with van der Waals surface area (Å²) >= 11 is 3.60. The van der Waals surface area contributed by atoms with Crippen LogP contribution in [0.4, 0.5) is 0 Å². The Morgan fingerprint density at radius 1 is 1.50 bits per heavy atom. The number of hydrogen-bond donors (Lipinski definition) is 0. The molecule has 1 saturated heterocycles. The molecule has 0 N–H and O–H groups in total. The van der Waals surface area contributed by atoms with Gasteiger partial charge in [0.15, 0.2) is 0 Å². The van der Waals surface area contributed by atoms with Crippen molar-refractivity contribution in [3.63, 3.8) is 0 Å². The molecule has 0 aromatic carbocycles. The molecule has 0 bridgehead atoms. The van der Waals surface area contributed by atoms with Gasteiger partial charge in [-0.15, -0.1) is 0 Å². The van der Waals surface area contributed by atoms with Crippen LogP contribution in [0.25, 0.3) is 0 Å². The highest BCUT2D eigenvalue weighted by atomic mass is 79.9. The topological polar surface area (TPSA) is 12.5 Å². The molecule has 1 aliphatic rings. The van der Waals surface area contributed by atoms with E-state index in [-0.39, 0.29) is 0 Å². The normalized spacial score (nSPS) is 25.9. The van der Waals surface area contributed by atoms with Crippen molar-refractivity contribution in [1.82, 2.24) is 4.90 Å². The van der Waals surface area contributed by atoms with Crippen LogP contribution in [0.15, 0.2) is 0 Å². The van der Waals surface area contributed by atoms with Crippen LogP contribution in [-0.2, 0) is 4.74 Å². The summed E-state index contributed by atoms with van der Waals surface area (Å²) in [5, 5.41) is 1.11. The van der Waals surface area contributed by atoms with Crippen LogP contribution in [0.2, 0.25) is 0 Å². The lowest BCUT2D eigenvalue weighted by atomic mass is 9.98. The second-order valence-electron chi connectivity index (χ2n) is 4.56. The van der Waals surface area contributed by atoms with Crippen molar-refractivity contribution in [2.24, 2.45) is 11.8 Å². The Morgan fingerprint density at radius 2 is 2.21 bits per heavy atom. The number of alkyl halides is 1. The first kappa shape index (κ1) is 12.5. The minimum absolute atomic E-state index is 0.470. The van der Waals surface area contributed by atoms with Crippen molar-refractivity contribution in [2.75, 3.05) is 32.1 Å². The second kappa shape index (κ2) is 6.09. The van der Waals surface area contributed by atoms with Gasteiger partial charge in [0.25, 0.3) is 0 Å². The van der Waals surface area contributed by atoms with E-state index in [0.29, 0.717) is 6.10 Å². The maximum absolute atomic E-state index is 5.36. The van der Waals surface area contributed by atoms with Gasteiger partial charge in [0.1, 0.15) is 0 Å². The van der Waals surface area contributed by atoms with Crippen LogP contribution in [0.1, 0.15) is 20.3 Å². The molecule has 2 atom stereocenters. The third-order valence-electron chi connectivity index (χ3n) is 3.20. The SMILES string of the molecule is COC1CCN(CC(CBr)C(C)C)C1. The summed E-state index contributed by atoms with van der Waals surface area (Å²) in [6, 6.07) is 0. The fourth-order valence-corrected chi connectivity index (χ4v) is 2.88. The molecular weight excluding hydrogens is 242 g/mol. The summed E-state index contributed by atoms with van der Waals surface area (Å²) in [7, 11) is 1.82. The van der Waals surface area contributed by atoms with Gasteiger partial charge in [-0.25, -0.2) is 0 Å². The monoisotopic (exact) mass is 263 g/mol. The van der Waals surface area contributed by atoms with E-state index in [1.807, 2.05) is 7.11 Å². The highest BCUT2D eigenvalue weighted by Crippen LogP contribution is 2.19. The molecule has 3 heteroatoms. The van der Waals surface area contributed by atoms with Gasteiger partial charge in [-0.05, 0) is 18.3 Å². The van der Waals surface area contributed by atoms with Crippen molar-refractivity contribution in [3.8, 4) is 0 Å². The molecule has 0 radical (unpaired) electrons. The maximum Gasteiger partial charge on any atom is 0.0710 e. The molecule has 0 aromatic heterocycles. The van der Waals surface area contributed by atoms with Crippen LogP contribution in [0.3, 0.4) is 0 Å². The van der Waals surface area contributed by atoms with Crippen molar-refractivity contribution in [2.45, 2.75) is 26.4 Å². The number of rotatable bonds is 5. The third-order valence-corrected chi connectivity index (χ3v) is 4.03. The Morgan fingerprint density at radius 3 is 2.64 bits per heavy atom. The van der Waals surface area contributed by atoms with Crippen LogP contribution in [0.5, 0.6) is 0 Å². The van der Waals surface area contributed by atoms with E-state index >= 15 is 0 Å². The molecule has 0 spiro atoms. The highest BCUT2D eigenvalue weighted by Gasteiger charge is 2.24. The molecule has 1 aliphatic heterocycles. The summed E-state index contributed by atoms with van der Waals surface area (Å²) < 4.78 is 5.36. The molecule has 2 nitrogen and oxygen atoms in total. The van der Waals surface area contributed by atoms with Gasteiger partial charge in [-0.3, -0.25) is 0 Å². The molecular formula is C11H22BrNO. The van der Waals surface area contributed by atoms with Crippen molar-refractivity contribution >= 4 is 15.9 Å². The fraction of sp³-hybridized carbons (Fsp3) is 1.00. The molecule has 84 valence electrons. The van der Waals surface area contributed by atoms with Crippen molar-refractivity contribution in [3.05, 3.63) is 0 Å². The molecule has 0 aliphatic carbocycles. The number of halogens is 1. The number of methoxy groups -OCH3 is 1. The minimum atomic E-state index is 0.470. The minimum Gasteiger partial charge on any atom is -0.380 e. The highest BCUT2D eigenvalue weighted by molar-refractivity contribution is 9.09. The van der Waals surface area contributed by atoms with Crippen LogP contribution >= 0.6 is 15.9 Å². The summed E-state index contributed by atoms with van der Waals surface area (Å²) in [5.74, 6) is 1.53. The van der Waals surface area contributed by atoms with E-state index in [2.05, 4.69) is 34.7 Å². The Labute approximate surface area is 96.1 Å². The fourth-order valence-electron chi connectivity index (χ4n) is 1.92. The Kier molecular flexibility index (Phi) is 5.42. The first-order chi connectivity index (χ1) is 6.67. The van der Waals surface area contributed by atoms with E-state index in [1.54, 1.807) is 0 Å².